The number of benzene rings is 1. The molecule has 1 saturated heterocycles. The maximum absolute atomic E-state index is 11.2. The minimum atomic E-state index is -0.973. The molecule has 7 nitrogen and oxygen atoms in total. The van der Waals surface area contributed by atoms with Crippen LogP contribution >= 0.6 is 0 Å². The highest BCUT2D eigenvalue weighted by molar-refractivity contribution is 5.90. The number of rotatable bonds is 8. The molecule has 7 heteroatoms. The molecule has 0 amide bonds. The van der Waals surface area contributed by atoms with Crippen LogP contribution in [-0.2, 0) is 0 Å². The number of likely N-dealkylation sites (N-methyl/N-ethyl adjacent to an activating group) is 1. The lowest BCUT2D eigenvalue weighted by Gasteiger charge is -2.29. The number of carboxylic acids is 1. The minimum Gasteiger partial charge on any atom is -0.491 e. The molecule has 1 aliphatic rings. The van der Waals surface area contributed by atoms with Crippen molar-refractivity contribution in [1.29, 1.82) is 0 Å². The zero-order chi connectivity index (χ0) is 18.4. The van der Waals surface area contributed by atoms with Gasteiger partial charge in [0.1, 0.15) is 17.9 Å². The summed E-state index contributed by atoms with van der Waals surface area (Å²) in [5.74, 6) is 0.366. The molecule has 0 bridgehead atoms. The molecule has 2 heterocycles. The van der Waals surface area contributed by atoms with Crippen LogP contribution in [0.4, 0.5) is 5.82 Å². The molecule has 26 heavy (non-hydrogen) atoms. The molecule has 2 aromatic rings. The summed E-state index contributed by atoms with van der Waals surface area (Å²) in [6, 6.07) is 11.0. The van der Waals surface area contributed by atoms with Crippen molar-refractivity contribution in [2.75, 3.05) is 38.2 Å². The molecule has 0 aliphatic carbocycles. The summed E-state index contributed by atoms with van der Waals surface area (Å²) in [4.78, 5) is 15.7. The van der Waals surface area contributed by atoms with Crippen LogP contribution in [0.5, 0.6) is 5.75 Å². The largest absolute Gasteiger partial charge is 0.491 e. The first-order valence-corrected chi connectivity index (χ1v) is 8.83. The standard InChI is InChI=1S/C19H24N4O3/c1-22(12-13-26-17-8-3-2-7-16(17)19(24)25)14-15-6-5-11-23(15)18-9-4-10-20-21-18/h2-4,7-10,15H,5-6,11-14H2,1H3,(H,24,25). The number of ether oxygens (including phenoxy) is 1. The third-order valence-corrected chi connectivity index (χ3v) is 4.60. The topological polar surface area (TPSA) is 78.8 Å². The van der Waals surface area contributed by atoms with Crippen LogP contribution in [0.25, 0.3) is 0 Å². The number of aromatic nitrogens is 2. The third kappa shape index (κ3) is 4.49. The maximum atomic E-state index is 11.2. The maximum Gasteiger partial charge on any atom is 0.339 e. The number of hydrogen-bond acceptors (Lipinski definition) is 6. The van der Waals surface area contributed by atoms with Crippen LogP contribution in [0, 0.1) is 0 Å². The van der Waals surface area contributed by atoms with Crippen molar-refractivity contribution in [3.63, 3.8) is 0 Å². The highest BCUT2D eigenvalue weighted by Crippen LogP contribution is 2.23. The zero-order valence-electron chi connectivity index (χ0n) is 14.9. The summed E-state index contributed by atoms with van der Waals surface area (Å²) < 4.78 is 5.69. The van der Waals surface area contributed by atoms with E-state index in [1.165, 1.54) is 0 Å². The van der Waals surface area contributed by atoms with E-state index in [0.29, 0.717) is 18.4 Å². The van der Waals surface area contributed by atoms with E-state index in [1.807, 2.05) is 12.1 Å². The Bertz CT molecular complexity index is 726. The number of carbonyl (C=O) groups is 1. The van der Waals surface area contributed by atoms with Gasteiger partial charge in [0.05, 0.1) is 0 Å². The molecule has 138 valence electrons. The van der Waals surface area contributed by atoms with E-state index in [0.717, 1.165) is 38.3 Å². The quantitative estimate of drug-likeness (QED) is 0.776. The average molecular weight is 356 g/mol. The lowest BCUT2D eigenvalue weighted by Crippen LogP contribution is -2.40. The van der Waals surface area contributed by atoms with Gasteiger partial charge in [0, 0.05) is 31.9 Å². The van der Waals surface area contributed by atoms with Crippen LogP contribution in [0.2, 0.25) is 0 Å². The molecular formula is C19H24N4O3. The molecule has 3 rings (SSSR count). The molecule has 0 spiro atoms. The van der Waals surface area contributed by atoms with Crippen molar-refractivity contribution >= 4 is 11.8 Å². The van der Waals surface area contributed by atoms with Crippen LogP contribution in [-0.4, -0.2) is 65.5 Å². The second-order valence-electron chi connectivity index (χ2n) is 6.48. The van der Waals surface area contributed by atoms with Gasteiger partial charge in [0.2, 0.25) is 0 Å². The summed E-state index contributed by atoms with van der Waals surface area (Å²) in [6.07, 6.45) is 3.97. The van der Waals surface area contributed by atoms with Gasteiger partial charge in [0.15, 0.2) is 5.82 Å². The monoisotopic (exact) mass is 356 g/mol. The SMILES string of the molecule is CN(CCOc1ccccc1C(=O)O)CC1CCCN1c1cccnn1. The average Bonchev–Trinajstić information content (AvgIpc) is 3.10. The fourth-order valence-corrected chi connectivity index (χ4v) is 3.31. The number of nitrogens with zero attached hydrogens (tertiary/aromatic N) is 4. The zero-order valence-corrected chi connectivity index (χ0v) is 14.9. The van der Waals surface area contributed by atoms with Crippen molar-refractivity contribution in [1.82, 2.24) is 15.1 Å². The normalized spacial score (nSPS) is 16.8. The second kappa shape index (κ2) is 8.62. The lowest BCUT2D eigenvalue weighted by atomic mass is 10.2. The van der Waals surface area contributed by atoms with E-state index in [9.17, 15) is 9.90 Å². The summed E-state index contributed by atoms with van der Waals surface area (Å²) in [5.41, 5.74) is 0.194. The van der Waals surface area contributed by atoms with Crippen LogP contribution in [0.1, 0.15) is 23.2 Å². The second-order valence-corrected chi connectivity index (χ2v) is 6.48. The van der Waals surface area contributed by atoms with Crippen molar-refractivity contribution in [3.8, 4) is 5.75 Å². The van der Waals surface area contributed by atoms with Gasteiger partial charge in [-0.25, -0.2) is 4.79 Å². The van der Waals surface area contributed by atoms with Crippen molar-refractivity contribution < 1.29 is 14.6 Å². The van der Waals surface area contributed by atoms with E-state index in [-0.39, 0.29) is 5.56 Å². The Morgan fingerprint density at radius 3 is 2.96 bits per heavy atom. The molecule has 1 aromatic carbocycles. The van der Waals surface area contributed by atoms with E-state index in [1.54, 1.807) is 30.5 Å². The van der Waals surface area contributed by atoms with E-state index >= 15 is 0 Å². The number of anilines is 1. The van der Waals surface area contributed by atoms with Gasteiger partial charge in [0.25, 0.3) is 0 Å². The van der Waals surface area contributed by atoms with Crippen molar-refractivity contribution in [3.05, 3.63) is 48.2 Å². The molecule has 1 unspecified atom stereocenters. The van der Waals surface area contributed by atoms with E-state index < -0.39 is 5.97 Å². The lowest BCUT2D eigenvalue weighted by molar-refractivity contribution is 0.0691. The molecule has 1 N–H and O–H groups in total. The molecule has 1 fully saturated rings. The molecule has 0 saturated carbocycles. The number of carboxylic acid groups (broad SMARTS) is 1. The van der Waals surface area contributed by atoms with Gasteiger partial charge >= 0.3 is 5.97 Å². The minimum absolute atomic E-state index is 0.194. The van der Waals surface area contributed by atoms with Gasteiger partial charge < -0.3 is 19.6 Å². The molecule has 0 radical (unpaired) electrons. The van der Waals surface area contributed by atoms with Gasteiger partial charge in [-0.3, -0.25) is 0 Å². The van der Waals surface area contributed by atoms with E-state index in [4.69, 9.17) is 4.74 Å². The molecule has 1 aromatic heterocycles. The van der Waals surface area contributed by atoms with E-state index in [2.05, 4.69) is 27.0 Å². The Hall–Kier alpha value is -2.67. The highest BCUT2D eigenvalue weighted by atomic mass is 16.5. The first-order chi connectivity index (χ1) is 12.6. The molecule has 1 aliphatic heterocycles. The first-order valence-electron chi connectivity index (χ1n) is 8.83. The Kier molecular flexibility index (Phi) is 6.01. The predicted octanol–water partition coefficient (Wildman–Crippen LogP) is 2.15. The van der Waals surface area contributed by atoms with Gasteiger partial charge in [-0.15, -0.1) is 5.10 Å². The summed E-state index contributed by atoms with van der Waals surface area (Å²) in [6.45, 7) is 3.07. The third-order valence-electron chi connectivity index (χ3n) is 4.60. The van der Waals surface area contributed by atoms with Crippen LogP contribution in [0.3, 0.4) is 0 Å². The number of aromatic carboxylic acids is 1. The van der Waals surface area contributed by atoms with Crippen LogP contribution in [0.15, 0.2) is 42.6 Å². The predicted molar refractivity (Wildman–Crippen MR) is 98.8 cm³/mol. The van der Waals surface area contributed by atoms with Crippen LogP contribution < -0.4 is 9.64 Å². The van der Waals surface area contributed by atoms with Gasteiger partial charge in [-0.2, -0.15) is 5.10 Å². The number of para-hydroxylation sites is 1. The highest BCUT2D eigenvalue weighted by Gasteiger charge is 2.26. The summed E-state index contributed by atoms with van der Waals surface area (Å²) in [7, 11) is 2.06. The fraction of sp³-hybridized carbons (Fsp3) is 0.421. The first kappa shape index (κ1) is 18.1. The fourth-order valence-electron chi connectivity index (χ4n) is 3.31. The van der Waals surface area contributed by atoms with Crippen molar-refractivity contribution in [2.24, 2.45) is 0 Å². The Morgan fingerprint density at radius 1 is 1.35 bits per heavy atom. The number of hydrogen-bond donors (Lipinski definition) is 1. The Labute approximate surface area is 153 Å². The molecular weight excluding hydrogens is 332 g/mol. The van der Waals surface area contributed by atoms with Crippen molar-refractivity contribution in [2.45, 2.75) is 18.9 Å². The Balaban J connectivity index is 1.50. The molecule has 1 atom stereocenters. The smallest absolute Gasteiger partial charge is 0.339 e. The van der Waals surface area contributed by atoms with Gasteiger partial charge in [-0.1, -0.05) is 12.1 Å². The Morgan fingerprint density at radius 2 is 2.19 bits per heavy atom. The summed E-state index contributed by atoms with van der Waals surface area (Å²) in [5, 5.41) is 17.4. The summed E-state index contributed by atoms with van der Waals surface area (Å²) >= 11 is 0. The van der Waals surface area contributed by atoms with Gasteiger partial charge in [-0.05, 0) is 44.2 Å².